The van der Waals surface area contributed by atoms with E-state index in [0.29, 0.717) is 0 Å². The summed E-state index contributed by atoms with van der Waals surface area (Å²) in [6.45, 7) is 3.90. The average molecular weight is 1250 g/mol. The number of pyridine rings is 2. The first kappa shape index (κ1) is 61.9. The van der Waals surface area contributed by atoms with Crippen LogP contribution in [0.25, 0.3) is 0 Å². The molecular formula is C60H80N14O15. The first-order valence-corrected chi connectivity index (χ1v) is 28.2. The Bertz CT molecular complexity index is 3460. The minimum Gasteiger partial charge on any atom is -0.506 e. The molecule has 8 atom stereocenters. The first-order chi connectivity index (χ1) is 44.4. The van der Waals surface area contributed by atoms with E-state index in [1.165, 1.54) is 49.4 Å². The van der Waals surface area contributed by atoms with Gasteiger partial charge in [-0.2, -0.15) is 0 Å². The molecule has 2 heterocycles. The fraction of sp³-hybridized carbons (Fsp3) is 0.433. The van der Waals surface area contributed by atoms with Gasteiger partial charge in [0.1, 0.15) is 53.8 Å². The van der Waals surface area contributed by atoms with Gasteiger partial charge in [-0.15, -0.1) is 0 Å². The number of carboxylic acids is 2. The molecule has 0 spiro atoms. The van der Waals surface area contributed by atoms with Crippen molar-refractivity contribution >= 4 is 82.4 Å². The molecule has 4 aromatic rings. The molecule has 17 N–H and O–H groups in total. The number of nitrogens with one attached hydrogen (secondary N) is 9. The quantitative estimate of drug-likeness (QED) is 0.0105. The van der Waals surface area contributed by atoms with E-state index in [9.17, 15) is 73.2 Å². The minimum absolute atomic E-state index is 0.0580. The fourth-order valence-corrected chi connectivity index (χ4v) is 8.64. The predicted octanol–water partition coefficient (Wildman–Crippen LogP) is 1.32. The van der Waals surface area contributed by atoms with E-state index < -0.39 is 158 Å². The Morgan fingerprint density at radius 2 is 1.07 bits per heavy atom. The lowest BCUT2D eigenvalue weighted by Crippen LogP contribution is -2.61. The second-order valence-corrected chi connectivity index (χ2v) is 21.3. The maximum Gasteiger partial charge on any atom is 0.326 e. The van der Waals surface area contributed by atoms with Gasteiger partial charge in [0.15, 0.2) is 5.96 Å². The van der Waals surface area contributed by atoms with E-state index in [4.69, 9.17) is 19.7 Å². The number of rotatable bonds is 33. The molecule has 480 valence electrons. The number of anilines is 2. The summed E-state index contributed by atoms with van der Waals surface area (Å²) >= 11 is 0. The second kappa shape index (κ2) is 34.2. The summed E-state index contributed by atoms with van der Waals surface area (Å²) in [6, 6.07) is 1.31. The Labute approximate surface area is 522 Å². The van der Waals surface area contributed by atoms with Crippen LogP contribution in [0.1, 0.15) is 132 Å². The molecule has 0 fully saturated rings. The Kier molecular flexibility index (Phi) is 23.8. The molecule has 0 bridgehead atoms. The molecule has 0 radical (unpaired) electrons. The number of aliphatic carboxylic acids is 2. The molecule has 0 saturated heterocycles. The summed E-state index contributed by atoms with van der Waals surface area (Å²) in [5, 5.41) is 63.7. The van der Waals surface area contributed by atoms with Crippen LogP contribution in [0, 0.1) is 25.5 Å². The fourth-order valence-electron chi connectivity index (χ4n) is 8.64. The number of phenols is 2. The van der Waals surface area contributed by atoms with E-state index in [2.05, 4.69) is 62.8 Å². The van der Waals surface area contributed by atoms with Crippen LogP contribution in [-0.2, 0) is 56.0 Å². The van der Waals surface area contributed by atoms with Crippen LogP contribution in [0.4, 0.5) is 11.4 Å². The van der Waals surface area contributed by atoms with Crippen LogP contribution in [0.2, 0.25) is 0 Å². The number of amides is 9. The molecule has 9 amide bonds. The Morgan fingerprint density at radius 1 is 0.584 bits per heavy atom. The zero-order valence-electron chi connectivity index (χ0n) is 55.8. The third kappa shape index (κ3) is 23.5. The van der Waals surface area contributed by atoms with E-state index in [-0.39, 0.29) is 95.5 Å². The molecule has 2 aromatic carbocycles. The third-order valence-electron chi connectivity index (χ3n) is 13.6. The normalized spacial score (nSPS) is 14.9. The van der Waals surface area contributed by atoms with Crippen LogP contribution >= 0.6 is 0 Å². The molecule has 89 heavy (non-hydrogen) atoms. The Balaban J connectivity index is 1.70. The zero-order valence-corrected chi connectivity index (χ0v) is 49.8. The van der Waals surface area contributed by atoms with Crippen LogP contribution in [-0.4, -0.2) is 150 Å². The lowest BCUT2D eigenvalue weighted by Gasteiger charge is -2.29. The van der Waals surface area contributed by atoms with Crippen molar-refractivity contribution in [1.82, 2.24) is 47.2 Å². The van der Waals surface area contributed by atoms with Crippen LogP contribution in [0.5, 0.6) is 11.5 Å². The number of hydrogen-bond donors (Lipinski definition) is 15. The van der Waals surface area contributed by atoms with Crippen molar-refractivity contribution in [3.8, 4) is 11.5 Å². The predicted molar refractivity (Wildman–Crippen MR) is 326 cm³/mol. The number of guanidine groups is 1. The van der Waals surface area contributed by atoms with Crippen molar-refractivity contribution < 1.29 is 81.4 Å². The summed E-state index contributed by atoms with van der Waals surface area (Å²) in [6.07, 6.45) is -0.0517. The second-order valence-electron chi connectivity index (χ2n) is 21.3. The van der Waals surface area contributed by atoms with E-state index >= 15 is 0 Å². The van der Waals surface area contributed by atoms with Gasteiger partial charge < -0.3 is 79.7 Å². The molecule has 0 saturated carbocycles. The number of nitrogens with zero attached hydrogens (tertiary/aromatic N) is 3. The van der Waals surface area contributed by atoms with Crippen molar-refractivity contribution in [3.05, 3.63) is 107 Å². The minimum atomic E-state index is -2.59. The van der Waals surface area contributed by atoms with Gasteiger partial charge in [-0.05, 0) is 118 Å². The summed E-state index contributed by atoms with van der Waals surface area (Å²) in [4.78, 5) is 160. The van der Waals surface area contributed by atoms with Gasteiger partial charge >= 0.3 is 11.9 Å². The van der Waals surface area contributed by atoms with Crippen molar-refractivity contribution in [2.45, 2.75) is 149 Å². The van der Waals surface area contributed by atoms with Crippen LogP contribution < -0.4 is 59.3 Å². The molecular weight excluding hydrogens is 1160 g/mol. The SMILES string of the molecule is [2H]C([2H])([2H])c1ccc(C(=O)Nc2cc(C[C@H](NC(=O)[C@H](CC(C)C)NC(=O)[C@H](Cc3ccc(O)c(NC(=O)c4ccc(C([2H])([2H])[2H])nc4)c3)N[13C]([13CH3])=O)C(=O)N[C@@H](CCC(=O)O)C(=O)N[C@H](C(=O)N[C@@H](C)C(=O)N[C@@H](CCCN=C(N)N)C(=O)O)[C@@H](C)CC)ccc2O)cn1. The highest BCUT2D eigenvalue weighted by atomic mass is 16.4. The number of carboxylic acid groups (broad SMARTS) is 2. The number of aromatic hydroxyl groups is 2. The third-order valence-corrected chi connectivity index (χ3v) is 13.6. The van der Waals surface area contributed by atoms with E-state index in [1.54, 1.807) is 27.7 Å². The van der Waals surface area contributed by atoms with Gasteiger partial charge in [0, 0.05) is 64.7 Å². The number of aryl methyl sites for hydroxylation is 2. The number of phenolic OH excluding ortho intramolecular Hbond substituents is 2. The summed E-state index contributed by atoms with van der Waals surface area (Å²) in [7, 11) is 0. The standard InChI is InChI=1S/C60H80N14O15/c1-9-31(4)50(58(87)66-34(7)51(80)69-41(59(88)89)11-10-22-63-60(61)62)74-54(83)40(18-21-49(78)79)68-57(86)46(27-37-15-20-48(77)43(25-37)71-53(82)39-17-13-33(6)65-29-39)73-55(84)44(23-30(2)3)72-56(85)45(67-35(8)75)26-36-14-19-47(76)42(24-36)70-52(81)38-16-12-32(5)64-28-38/h12-17,19-20,24-25,28-31,34,40-41,44-46,50,76-77H,9-11,18,21-23,26-27H2,1-8H3,(H,66,87)(H,67,75)(H,68,86)(H,69,80)(H,70,81)(H,71,82)(H,72,85)(H,73,84)(H,74,83)(H,78,79)(H,88,89)(H4,61,62,63)/t31-,34-,40-,41-,44-,45-,46-,50-/m0/s1/i5D3,6D3,8+1,35+1. The average Bonchev–Trinajstić information content (AvgIpc) is 0.924. The molecule has 0 aliphatic carbocycles. The highest BCUT2D eigenvalue weighted by Crippen LogP contribution is 2.28. The summed E-state index contributed by atoms with van der Waals surface area (Å²) < 4.78 is 45.5. The van der Waals surface area contributed by atoms with E-state index in [0.717, 1.165) is 37.5 Å². The summed E-state index contributed by atoms with van der Waals surface area (Å²) in [5.41, 5.74) is 9.84. The topological polar surface area (TPSA) is 467 Å². The Hall–Kier alpha value is -10.2. The lowest BCUT2D eigenvalue weighted by atomic mass is 9.97. The number of aliphatic imine (C=N–C) groups is 1. The number of benzene rings is 2. The highest BCUT2D eigenvalue weighted by Gasteiger charge is 2.36. The maximum absolute atomic E-state index is 14.9. The number of carbonyl (C=O) groups excluding carboxylic acids is 9. The van der Waals surface area contributed by atoms with Crippen molar-refractivity contribution in [3.63, 3.8) is 0 Å². The maximum atomic E-state index is 14.9. The Morgan fingerprint density at radius 3 is 1.52 bits per heavy atom. The molecule has 4 rings (SSSR count). The number of nitrogens with two attached hydrogens (primary N) is 2. The van der Waals surface area contributed by atoms with Gasteiger partial charge in [-0.25, -0.2) is 4.79 Å². The smallest absolute Gasteiger partial charge is 0.326 e. The molecule has 29 heteroatoms. The molecule has 29 nitrogen and oxygen atoms in total. The number of hydrogen-bond acceptors (Lipinski definition) is 16. The summed E-state index contributed by atoms with van der Waals surface area (Å²) in [5.74, 6) is -13.5. The number of carbonyl (C=O) groups is 11. The molecule has 2 aromatic heterocycles. The van der Waals surface area contributed by atoms with E-state index in [1.807, 2.05) is 0 Å². The lowest BCUT2D eigenvalue weighted by molar-refractivity contribution is -0.142. The van der Waals surface area contributed by atoms with Crippen molar-refractivity contribution in [2.24, 2.45) is 28.3 Å². The van der Waals surface area contributed by atoms with Gasteiger partial charge in [0.05, 0.1) is 22.5 Å². The van der Waals surface area contributed by atoms with Gasteiger partial charge in [0.2, 0.25) is 41.4 Å². The van der Waals surface area contributed by atoms with Gasteiger partial charge in [-0.1, -0.05) is 46.2 Å². The zero-order chi connectivity index (χ0) is 71.2. The van der Waals surface area contributed by atoms with Gasteiger partial charge in [-0.3, -0.25) is 62.9 Å². The largest absolute Gasteiger partial charge is 0.506 e. The molecule has 0 unspecified atom stereocenters. The number of aromatic nitrogens is 2. The van der Waals surface area contributed by atoms with Gasteiger partial charge in [0.25, 0.3) is 11.8 Å². The highest BCUT2D eigenvalue weighted by molar-refractivity contribution is 6.06. The molecule has 0 aliphatic rings. The monoisotopic (exact) mass is 1240 g/mol. The first-order valence-electron chi connectivity index (χ1n) is 31.2. The molecule has 0 aliphatic heterocycles. The van der Waals surface area contributed by atoms with Crippen LogP contribution in [0.15, 0.2) is 78.0 Å². The van der Waals surface area contributed by atoms with Crippen molar-refractivity contribution in [1.29, 1.82) is 0 Å². The van der Waals surface area contributed by atoms with Crippen molar-refractivity contribution in [2.75, 3.05) is 17.2 Å². The van der Waals surface area contributed by atoms with Crippen LogP contribution in [0.3, 0.4) is 0 Å².